The van der Waals surface area contributed by atoms with Gasteiger partial charge in [-0.25, -0.2) is 4.98 Å². The minimum Gasteiger partial charge on any atom is -0.389 e. The van der Waals surface area contributed by atoms with Crippen molar-refractivity contribution < 1.29 is 9.90 Å². The maximum Gasteiger partial charge on any atom is 0.270 e. The Balaban J connectivity index is 1.94. The van der Waals surface area contributed by atoms with E-state index >= 15 is 0 Å². The topological polar surface area (TPSA) is 90.0 Å². The monoisotopic (exact) mass is 300 g/mol. The molecule has 1 aliphatic heterocycles. The number of aliphatic hydroxyl groups excluding tert-OH is 1. The fourth-order valence-electron chi connectivity index (χ4n) is 2.96. The number of β-amino-alcohol motifs (C(OH)–C–C–N with tert-alkyl or cyclic N) is 1. The zero-order chi connectivity index (χ0) is 15.6. The van der Waals surface area contributed by atoms with E-state index in [9.17, 15) is 9.90 Å². The van der Waals surface area contributed by atoms with Crippen molar-refractivity contribution in [3.05, 3.63) is 53.6 Å². The molecule has 0 spiro atoms. The summed E-state index contributed by atoms with van der Waals surface area (Å²) in [4.78, 5) is 19.5. The average molecular weight is 300 g/mol. The van der Waals surface area contributed by atoms with Gasteiger partial charge < -0.3 is 20.7 Å². The predicted octanol–water partition coefficient (Wildman–Crippen LogP) is 0.698. The number of hydrogen-bond acceptors (Lipinski definition) is 4. The van der Waals surface area contributed by atoms with E-state index in [1.807, 2.05) is 30.3 Å². The maximum atomic E-state index is 12.5. The van der Waals surface area contributed by atoms with E-state index in [1.54, 1.807) is 6.92 Å². The van der Waals surface area contributed by atoms with Crippen LogP contribution in [0.4, 0.5) is 0 Å². The Morgan fingerprint density at radius 3 is 2.82 bits per heavy atom. The Kier molecular flexibility index (Phi) is 3.96. The normalized spacial score (nSPS) is 24.9. The highest BCUT2D eigenvalue weighted by Gasteiger charge is 2.43. The Hall–Kier alpha value is -2.18. The van der Waals surface area contributed by atoms with E-state index in [1.165, 1.54) is 6.20 Å². The Morgan fingerprint density at radius 2 is 2.18 bits per heavy atom. The van der Waals surface area contributed by atoms with Gasteiger partial charge in [0.1, 0.15) is 11.5 Å². The number of hydrogen-bond donors (Lipinski definition) is 4. The van der Waals surface area contributed by atoms with Gasteiger partial charge in [-0.3, -0.25) is 4.79 Å². The van der Waals surface area contributed by atoms with Crippen LogP contribution in [0.2, 0.25) is 0 Å². The first-order valence-corrected chi connectivity index (χ1v) is 7.40. The summed E-state index contributed by atoms with van der Waals surface area (Å²) in [5, 5.41) is 16.8. The molecule has 1 fully saturated rings. The number of aliphatic hydroxyl groups is 1. The standard InChI is InChI=1S/C16H20N4O2/c1-11-18-9-13(19-11)15(22)20-16(7-8-17-10-14(16)21)12-5-3-2-4-6-12/h2-6,9,14,17,21H,7-8,10H2,1H3,(H,18,19)(H,20,22)/t14-,16-/m1/s1. The zero-order valence-electron chi connectivity index (χ0n) is 12.5. The second kappa shape index (κ2) is 5.90. The zero-order valence-corrected chi connectivity index (χ0v) is 12.5. The first kappa shape index (κ1) is 14.7. The van der Waals surface area contributed by atoms with Crippen LogP contribution in [0.1, 0.15) is 28.3 Å². The Labute approximate surface area is 129 Å². The molecular formula is C16H20N4O2. The lowest BCUT2D eigenvalue weighted by atomic mass is 9.79. The molecule has 0 radical (unpaired) electrons. The van der Waals surface area contributed by atoms with Crippen molar-refractivity contribution in [3.8, 4) is 0 Å². The fourth-order valence-corrected chi connectivity index (χ4v) is 2.96. The SMILES string of the molecule is Cc1ncc(C(=O)N[C@@]2(c3ccccc3)CCNC[C@H]2O)[nH]1. The van der Waals surface area contributed by atoms with Gasteiger partial charge in [0.15, 0.2) is 0 Å². The molecule has 0 unspecified atom stereocenters. The minimum absolute atomic E-state index is 0.259. The molecule has 1 aromatic carbocycles. The molecule has 22 heavy (non-hydrogen) atoms. The highest BCUT2D eigenvalue weighted by Crippen LogP contribution is 2.31. The third kappa shape index (κ3) is 2.63. The van der Waals surface area contributed by atoms with Gasteiger partial charge in [-0.05, 0) is 25.5 Å². The molecule has 3 rings (SSSR count). The number of nitrogens with zero attached hydrogens (tertiary/aromatic N) is 1. The molecule has 6 heteroatoms. The molecule has 116 valence electrons. The van der Waals surface area contributed by atoms with Crippen molar-refractivity contribution in [2.45, 2.75) is 25.0 Å². The number of rotatable bonds is 3. The lowest BCUT2D eigenvalue weighted by molar-refractivity contribution is 0.0288. The van der Waals surface area contributed by atoms with E-state index in [-0.39, 0.29) is 5.91 Å². The van der Waals surface area contributed by atoms with E-state index in [2.05, 4.69) is 20.6 Å². The second-order valence-corrected chi connectivity index (χ2v) is 5.64. The van der Waals surface area contributed by atoms with Crippen LogP contribution in [0.25, 0.3) is 0 Å². The highest BCUT2D eigenvalue weighted by molar-refractivity contribution is 5.92. The second-order valence-electron chi connectivity index (χ2n) is 5.64. The summed E-state index contributed by atoms with van der Waals surface area (Å²) in [5.74, 6) is 0.426. The third-order valence-corrected chi connectivity index (χ3v) is 4.18. The summed E-state index contributed by atoms with van der Waals surface area (Å²) >= 11 is 0. The van der Waals surface area contributed by atoms with Crippen LogP contribution in [0, 0.1) is 6.92 Å². The van der Waals surface area contributed by atoms with Crippen molar-refractivity contribution in [3.63, 3.8) is 0 Å². The minimum atomic E-state index is -0.789. The first-order chi connectivity index (χ1) is 10.6. The van der Waals surface area contributed by atoms with Crippen LogP contribution in [0.15, 0.2) is 36.5 Å². The van der Waals surface area contributed by atoms with Gasteiger partial charge in [-0.1, -0.05) is 30.3 Å². The fraction of sp³-hybridized carbons (Fsp3) is 0.375. The summed E-state index contributed by atoms with van der Waals surface area (Å²) in [6.45, 7) is 2.97. The van der Waals surface area contributed by atoms with Crippen LogP contribution in [-0.2, 0) is 5.54 Å². The van der Waals surface area contributed by atoms with Gasteiger partial charge in [0, 0.05) is 6.54 Å². The Morgan fingerprint density at radius 1 is 1.41 bits per heavy atom. The summed E-state index contributed by atoms with van der Waals surface area (Å²) in [6.07, 6.45) is 1.44. The number of piperidine rings is 1. The number of benzene rings is 1. The van der Waals surface area contributed by atoms with Crippen molar-refractivity contribution in [1.82, 2.24) is 20.6 Å². The molecular weight excluding hydrogens is 280 g/mol. The van der Waals surface area contributed by atoms with Crippen LogP contribution >= 0.6 is 0 Å². The van der Waals surface area contributed by atoms with Crippen molar-refractivity contribution >= 4 is 5.91 Å². The lowest BCUT2D eigenvalue weighted by Gasteiger charge is -2.42. The number of nitrogens with one attached hydrogen (secondary N) is 3. The van der Waals surface area contributed by atoms with Gasteiger partial charge in [-0.2, -0.15) is 0 Å². The molecule has 2 atom stereocenters. The molecule has 1 saturated heterocycles. The van der Waals surface area contributed by atoms with Crippen molar-refractivity contribution in [2.24, 2.45) is 0 Å². The average Bonchev–Trinajstić information content (AvgIpc) is 2.97. The summed E-state index contributed by atoms with van der Waals surface area (Å²) in [7, 11) is 0. The molecule has 0 bridgehead atoms. The molecule has 4 N–H and O–H groups in total. The molecule has 6 nitrogen and oxygen atoms in total. The molecule has 2 heterocycles. The number of carbonyl (C=O) groups excluding carboxylic acids is 1. The smallest absolute Gasteiger partial charge is 0.270 e. The van der Waals surface area contributed by atoms with Gasteiger partial charge in [0.2, 0.25) is 0 Å². The number of H-pyrrole nitrogens is 1. The van der Waals surface area contributed by atoms with E-state index in [0.29, 0.717) is 24.5 Å². The Bertz CT molecular complexity index is 655. The van der Waals surface area contributed by atoms with Crippen molar-refractivity contribution in [1.29, 1.82) is 0 Å². The van der Waals surface area contributed by atoms with Gasteiger partial charge in [0.25, 0.3) is 5.91 Å². The number of aromatic nitrogens is 2. The van der Waals surface area contributed by atoms with E-state index < -0.39 is 11.6 Å². The molecule has 1 aliphatic rings. The molecule has 2 aromatic rings. The van der Waals surface area contributed by atoms with Crippen LogP contribution in [-0.4, -0.2) is 40.2 Å². The summed E-state index contributed by atoms with van der Waals surface area (Å²) in [5.41, 5.74) is 0.523. The van der Waals surface area contributed by atoms with Crippen molar-refractivity contribution in [2.75, 3.05) is 13.1 Å². The third-order valence-electron chi connectivity index (χ3n) is 4.18. The molecule has 1 aromatic heterocycles. The number of imidazole rings is 1. The molecule has 0 aliphatic carbocycles. The van der Waals surface area contributed by atoms with Crippen LogP contribution in [0.3, 0.4) is 0 Å². The van der Waals surface area contributed by atoms with E-state index in [0.717, 1.165) is 12.1 Å². The summed E-state index contributed by atoms with van der Waals surface area (Å²) in [6, 6.07) is 9.63. The largest absolute Gasteiger partial charge is 0.389 e. The van der Waals surface area contributed by atoms with Gasteiger partial charge in [0.05, 0.1) is 17.8 Å². The predicted molar refractivity (Wildman–Crippen MR) is 82.4 cm³/mol. The molecule has 0 saturated carbocycles. The van der Waals surface area contributed by atoms with Crippen LogP contribution in [0.5, 0.6) is 0 Å². The molecule has 1 amide bonds. The number of carbonyl (C=O) groups is 1. The number of amides is 1. The highest BCUT2D eigenvalue weighted by atomic mass is 16.3. The lowest BCUT2D eigenvalue weighted by Crippen LogP contribution is -2.61. The van der Waals surface area contributed by atoms with Gasteiger partial charge >= 0.3 is 0 Å². The number of aromatic amines is 1. The van der Waals surface area contributed by atoms with Crippen LogP contribution < -0.4 is 10.6 Å². The summed E-state index contributed by atoms with van der Waals surface area (Å²) < 4.78 is 0. The number of aryl methyl sites for hydroxylation is 1. The quantitative estimate of drug-likeness (QED) is 0.671. The first-order valence-electron chi connectivity index (χ1n) is 7.40. The van der Waals surface area contributed by atoms with Gasteiger partial charge in [-0.15, -0.1) is 0 Å². The van der Waals surface area contributed by atoms with E-state index in [4.69, 9.17) is 0 Å². The maximum absolute atomic E-state index is 12.5.